The lowest BCUT2D eigenvalue weighted by Crippen LogP contribution is -2.29. The Balaban J connectivity index is 0.971. The molecule has 1 nitrogen and oxygen atoms in total. The topological polar surface area (TPSA) is 3.24 Å². The lowest BCUT2D eigenvalue weighted by Gasteiger charge is -2.35. The van der Waals surface area contributed by atoms with E-state index in [0.29, 0.717) is 0 Å². The van der Waals surface area contributed by atoms with Crippen LogP contribution in [-0.4, -0.2) is 0 Å². The monoisotopic (exact) mass is 869 g/mol. The third kappa shape index (κ3) is 5.75. The van der Waals surface area contributed by atoms with Gasteiger partial charge in [-0.15, -0.1) is 0 Å². The molecule has 10 aromatic rings. The van der Waals surface area contributed by atoms with E-state index >= 15 is 0 Å². The van der Waals surface area contributed by atoms with Crippen LogP contribution in [0.2, 0.25) is 0 Å². The molecule has 3 aliphatic carbocycles. The van der Waals surface area contributed by atoms with E-state index in [1.165, 1.54) is 100 Å². The Morgan fingerprint density at radius 1 is 0.265 bits per heavy atom. The summed E-state index contributed by atoms with van der Waals surface area (Å²) >= 11 is 0. The first kappa shape index (κ1) is 40.3. The standard InChI is InChI=1S/C67H51N/c1-65(2)59-29-16-14-25-53(59)55-39-36-50(42-61(55)65)68(51-37-40-56-54-26-15-17-30-60(54)66(3,4)62(56)43-51)49-34-31-44(32-35-49)46-33-38-57-58-28-18-27-52(45-19-8-5-9-20-45)64(58)67(63(57)41-46,47-21-10-6-11-22-47)48-23-12-7-13-24-48/h5-43H,1-4H3. The predicted octanol–water partition coefficient (Wildman–Crippen LogP) is 17.5. The first-order valence-corrected chi connectivity index (χ1v) is 24.1. The Labute approximate surface area is 400 Å². The number of fused-ring (bicyclic) bond motifs is 9. The zero-order valence-corrected chi connectivity index (χ0v) is 39.0. The van der Waals surface area contributed by atoms with E-state index in [9.17, 15) is 0 Å². The maximum absolute atomic E-state index is 2.48. The van der Waals surface area contributed by atoms with Crippen molar-refractivity contribution in [3.8, 4) is 55.6 Å². The van der Waals surface area contributed by atoms with Crippen LogP contribution in [-0.2, 0) is 16.2 Å². The van der Waals surface area contributed by atoms with Crippen LogP contribution in [0.4, 0.5) is 17.1 Å². The van der Waals surface area contributed by atoms with Gasteiger partial charge in [0.05, 0.1) is 5.41 Å². The molecule has 324 valence electrons. The molecule has 0 radical (unpaired) electrons. The maximum Gasteiger partial charge on any atom is 0.0719 e. The Morgan fingerprint density at radius 3 is 1.24 bits per heavy atom. The first-order valence-electron chi connectivity index (χ1n) is 24.1. The number of hydrogen-bond acceptors (Lipinski definition) is 1. The molecule has 0 heterocycles. The van der Waals surface area contributed by atoms with Crippen molar-refractivity contribution >= 4 is 17.1 Å². The fourth-order valence-corrected chi connectivity index (χ4v) is 12.5. The van der Waals surface area contributed by atoms with Gasteiger partial charge in [-0.25, -0.2) is 0 Å². The van der Waals surface area contributed by atoms with Gasteiger partial charge in [-0.05, 0) is 143 Å². The third-order valence-corrected chi connectivity index (χ3v) is 15.8. The van der Waals surface area contributed by atoms with Gasteiger partial charge >= 0.3 is 0 Å². The molecule has 0 saturated heterocycles. The Hall–Kier alpha value is -8.00. The van der Waals surface area contributed by atoms with Gasteiger partial charge in [-0.3, -0.25) is 0 Å². The van der Waals surface area contributed by atoms with Gasteiger partial charge in [0.2, 0.25) is 0 Å². The highest BCUT2D eigenvalue weighted by Gasteiger charge is 2.48. The van der Waals surface area contributed by atoms with Crippen LogP contribution in [0.5, 0.6) is 0 Å². The molecule has 0 N–H and O–H groups in total. The van der Waals surface area contributed by atoms with Crippen LogP contribution in [0.15, 0.2) is 237 Å². The molecule has 3 aliphatic rings. The Morgan fingerprint density at radius 2 is 0.676 bits per heavy atom. The van der Waals surface area contributed by atoms with Crippen molar-refractivity contribution in [3.63, 3.8) is 0 Å². The summed E-state index contributed by atoms with van der Waals surface area (Å²) in [4.78, 5) is 2.47. The van der Waals surface area contributed by atoms with Crippen LogP contribution in [0.1, 0.15) is 72.2 Å². The van der Waals surface area contributed by atoms with Gasteiger partial charge in [0, 0.05) is 27.9 Å². The van der Waals surface area contributed by atoms with E-state index in [1.807, 2.05) is 0 Å². The lowest BCUT2D eigenvalue weighted by molar-refractivity contribution is 0.660. The van der Waals surface area contributed by atoms with E-state index in [0.717, 1.165) is 17.1 Å². The highest BCUT2D eigenvalue weighted by molar-refractivity contribution is 5.94. The molecule has 1 heteroatoms. The molecule has 0 spiro atoms. The molecule has 0 atom stereocenters. The minimum atomic E-state index is -0.547. The minimum absolute atomic E-state index is 0.122. The molecule has 13 rings (SSSR count). The average Bonchev–Trinajstić information content (AvgIpc) is 3.92. The largest absolute Gasteiger partial charge is 0.310 e. The summed E-state index contributed by atoms with van der Waals surface area (Å²) in [5.74, 6) is 0. The molecule has 0 bridgehead atoms. The van der Waals surface area contributed by atoms with Gasteiger partial charge in [0.1, 0.15) is 0 Å². The normalized spacial score (nSPS) is 14.8. The summed E-state index contributed by atoms with van der Waals surface area (Å²) in [6.07, 6.45) is 0. The molecule has 0 fully saturated rings. The summed E-state index contributed by atoms with van der Waals surface area (Å²) in [6.45, 7) is 9.49. The predicted molar refractivity (Wildman–Crippen MR) is 284 cm³/mol. The van der Waals surface area contributed by atoms with Crippen molar-refractivity contribution in [1.82, 2.24) is 0 Å². The van der Waals surface area contributed by atoms with Crippen molar-refractivity contribution in [2.45, 2.75) is 43.9 Å². The van der Waals surface area contributed by atoms with Gasteiger partial charge < -0.3 is 4.90 Å². The molecule has 0 saturated carbocycles. The molecule has 10 aromatic carbocycles. The smallest absolute Gasteiger partial charge is 0.0719 e. The number of anilines is 3. The van der Waals surface area contributed by atoms with Crippen LogP contribution >= 0.6 is 0 Å². The maximum atomic E-state index is 2.48. The fourth-order valence-electron chi connectivity index (χ4n) is 12.5. The van der Waals surface area contributed by atoms with Crippen LogP contribution in [0.3, 0.4) is 0 Å². The van der Waals surface area contributed by atoms with Gasteiger partial charge in [0.15, 0.2) is 0 Å². The molecular formula is C67H51N. The SMILES string of the molecule is CC1(C)c2ccccc2-c2ccc(N(c3ccc(-c4ccc5c(c4)C(c4ccccc4)(c4ccccc4)c4c(-c6ccccc6)cccc4-5)cc3)c3ccc4c(c3)C(C)(C)c3ccccc3-4)cc21. The van der Waals surface area contributed by atoms with E-state index in [4.69, 9.17) is 0 Å². The average molecular weight is 870 g/mol. The number of benzene rings is 10. The fraction of sp³-hybridized carbons (Fsp3) is 0.104. The zero-order valence-electron chi connectivity index (χ0n) is 39.0. The quantitative estimate of drug-likeness (QED) is 0.154. The van der Waals surface area contributed by atoms with Crippen molar-refractivity contribution < 1.29 is 0 Å². The van der Waals surface area contributed by atoms with Crippen molar-refractivity contribution in [3.05, 3.63) is 281 Å². The van der Waals surface area contributed by atoms with E-state index in [2.05, 4.69) is 269 Å². The number of hydrogen-bond donors (Lipinski definition) is 0. The molecule has 0 aromatic heterocycles. The van der Waals surface area contributed by atoms with Crippen LogP contribution < -0.4 is 4.90 Å². The molecule has 68 heavy (non-hydrogen) atoms. The highest BCUT2D eigenvalue weighted by Crippen LogP contribution is 2.60. The van der Waals surface area contributed by atoms with Gasteiger partial charge in [-0.1, -0.05) is 222 Å². The van der Waals surface area contributed by atoms with Crippen LogP contribution in [0, 0.1) is 0 Å². The number of rotatable bonds is 7. The molecule has 0 unspecified atom stereocenters. The summed E-state index contributed by atoms with van der Waals surface area (Å²) in [5, 5.41) is 0. The second kappa shape index (κ2) is 15.0. The van der Waals surface area contributed by atoms with E-state index in [1.54, 1.807) is 0 Å². The second-order valence-electron chi connectivity index (χ2n) is 20.0. The van der Waals surface area contributed by atoms with Gasteiger partial charge in [0.25, 0.3) is 0 Å². The lowest BCUT2D eigenvalue weighted by atomic mass is 9.66. The molecule has 0 amide bonds. The van der Waals surface area contributed by atoms with Crippen LogP contribution in [0.25, 0.3) is 55.6 Å². The highest BCUT2D eigenvalue weighted by atomic mass is 15.1. The molecular weight excluding hydrogens is 819 g/mol. The summed E-state index contributed by atoms with van der Waals surface area (Å²) < 4.78 is 0. The molecule has 0 aliphatic heterocycles. The second-order valence-corrected chi connectivity index (χ2v) is 20.0. The van der Waals surface area contributed by atoms with E-state index in [-0.39, 0.29) is 10.8 Å². The Kier molecular flexibility index (Phi) is 8.89. The third-order valence-electron chi connectivity index (χ3n) is 15.8. The van der Waals surface area contributed by atoms with Crippen molar-refractivity contribution in [2.75, 3.05) is 4.90 Å². The summed E-state index contributed by atoms with van der Waals surface area (Å²) in [6, 6.07) is 88.7. The minimum Gasteiger partial charge on any atom is -0.310 e. The first-order chi connectivity index (χ1) is 33.2. The summed E-state index contributed by atoms with van der Waals surface area (Å²) in [5.41, 5.74) is 26.1. The van der Waals surface area contributed by atoms with Crippen molar-refractivity contribution in [2.24, 2.45) is 0 Å². The van der Waals surface area contributed by atoms with Crippen molar-refractivity contribution in [1.29, 1.82) is 0 Å². The number of nitrogens with zero attached hydrogens (tertiary/aromatic N) is 1. The van der Waals surface area contributed by atoms with Gasteiger partial charge in [-0.2, -0.15) is 0 Å². The Bertz CT molecular complexity index is 3450. The zero-order chi connectivity index (χ0) is 45.8. The van der Waals surface area contributed by atoms with E-state index < -0.39 is 5.41 Å². The summed E-state index contributed by atoms with van der Waals surface area (Å²) in [7, 11) is 0.